The molecule has 0 aromatic heterocycles. The number of ketones is 1. The lowest BCUT2D eigenvalue weighted by Crippen LogP contribution is -2.28. The third-order valence-corrected chi connectivity index (χ3v) is 2.33. The molecule has 0 spiro atoms. The third kappa shape index (κ3) is 3.43. The predicted octanol–water partition coefficient (Wildman–Crippen LogP) is 1.91. The molecular weight excluding hydrogens is 265 g/mol. The molecular formula is C10H9BrFNO2. The lowest BCUT2D eigenvalue weighted by molar-refractivity contribution is -0.116. The second-order valence-corrected chi connectivity index (χ2v) is 3.86. The van der Waals surface area contributed by atoms with Gasteiger partial charge in [0.1, 0.15) is 11.6 Å². The maximum absolute atomic E-state index is 12.7. The minimum atomic E-state index is -0.426. The van der Waals surface area contributed by atoms with E-state index >= 15 is 0 Å². The minimum absolute atomic E-state index is 0.0251. The van der Waals surface area contributed by atoms with Crippen LogP contribution in [0.3, 0.4) is 0 Å². The lowest BCUT2D eigenvalue weighted by atomic mass is 10.2. The van der Waals surface area contributed by atoms with E-state index in [1.807, 2.05) is 0 Å². The van der Waals surface area contributed by atoms with Crippen molar-refractivity contribution in [2.75, 3.05) is 6.54 Å². The Morgan fingerprint density at radius 3 is 2.67 bits per heavy atom. The molecule has 80 valence electrons. The molecule has 5 heteroatoms. The number of rotatable bonds is 3. The Morgan fingerprint density at radius 2 is 2.13 bits per heavy atom. The summed E-state index contributed by atoms with van der Waals surface area (Å²) in [4.78, 5) is 22.1. The van der Waals surface area contributed by atoms with Crippen LogP contribution in [0.2, 0.25) is 0 Å². The highest BCUT2D eigenvalue weighted by Crippen LogP contribution is 2.17. The monoisotopic (exact) mass is 273 g/mol. The van der Waals surface area contributed by atoms with Gasteiger partial charge in [-0.1, -0.05) is 0 Å². The molecule has 1 amide bonds. The molecule has 1 aromatic rings. The molecule has 0 bridgehead atoms. The van der Waals surface area contributed by atoms with Gasteiger partial charge in [-0.3, -0.25) is 9.59 Å². The third-order valence-electron chi connectivity index (χ3n) is 1.67. The van der Waals surface area contributed by atoms with E-state index in [4.69, 9.17) is 0 Å². The highest BCUT2D eigenvalue weighted by atomic mass is 79.9. The summed E-state index contributed by atoms with van der Waals surface area (Å²) in [5.41, 5.74) is 0.303. The molecule has 0 fully saturated rings. The van der Waals surface area contributed by atoms with Crippen molar-refractivity contribution in [3.05, 3.63) is 34.1 Å². The number of amides is 1. The Hall–Kier alpha value is -1.23. The predicted molar refractivity (Wildman–Crippen MR) is 57.1 cm³/mol. The van der Waals surface area contributed by atoms with Crippen LogP contribution in [0.15, 0.2) is 22.7 Å². The summed E-state index contributed by atoms with van der Waals surface area (Å²) in [6.45, 7) is 1.35. The van der Waals surface area contributed by atoms with Crippen LogP contribution in [0.1, 0.15) is 17.3 Å². The number of benzene rings is 1. The van der Waals surface area contributed by atoms with Crippen LogP contribution in [0, 0.1) is 5.82 Å². The van der Waals surface area contributed by atoms with Gasteiger partial charge in [0, 0.05) is 4.47 Å². The molecule has 0 aliphatic heterocycles. The number of Topliss-reactive ketones (excluding diaryl/α,β-unsaturated/α-hetero) is 1. The van der Waals surface area contributed by atoms with Crippen molar-refractivity contribution < 1.29 is 14.0 Å². The van der Waals surface area contributed by atoms with Gasteiger partial charge in [-0.2, -0.15) is 0 Å². The van der Waals surface area contributed by atoms with Crippen LogP contribution in [0.4, 0.5) is 4.39 Å². The Balaban J connectivity index is 2.78. The second-order valence-electron chi connectivity index (χ2n) is 3.01. The second kappa shape index (κ2) is 5.02. The number of nitrogens with one attached hydrogen (secondary N) is 1. The van der Waals surface area contributed by atoms with E-state index in [1.165, 1.54) is 25.1 Å². The van der Waals surface area contributed by atoms with Crippen LogP contribution in [0.25, 0.3) is 0 Å². The average molecular weight is 274 g/mol. The zero-order valence-electron chi connectivity index (χ0n) is 8.01. The molecule has 0 radical (unpaired) electrons. The molecule has 0 unspecified atom stereocenters. The lowest BCUT2D eigenvalue weighted by Gasteiger charge is -2.04. The Morgan fingerprint density at radius 1 is 1.47 bits per heavy atom. The first-order valence-corrected chi connectivity index (χ1v) is 5.02. The van der Waals surface area contributed by atoms with Crippen molar-refractivity contribution in [3.8, 4) is 0 Å². The first kappa shape index (κ1) is 11.8. The Bertz CT molecular complexity index is 406. The summed E-state index contributed by atoms with van der Waals surface area (Å²) < 4.78 is 13.1. The zero-order chi connectivity index (χ0) is 11.4. The van der Waals surface area contributed by atoms with Crippen molar-refractivity contribution in [1.29, 1.82) is 0 Å². The van der Waals surface area contributed by atoms with Gasteiger partial charge in [-0.05, 0) is 41.1 Å². The standard InChI is InChI=1S/C10H9BrFNO2/c1-6(14)5-13-10(15)8-3-2-7(12)4-9(8)11/h2-4H,5H2,1H3,(H,13,15). The zero-order valence-corrected chi connectivity index (χ0v) is 9.60. The van der Waals surface area contributed by atoms with Crippen LogP contribution >= 0.6 is 15.9 Å². The van der Waals surface area contributed by atoms with Gasteiger partial charge >= 0.3 is 0 Å². The van der Waals surface area contributed by atoms with E-state index in [2.05, 4.69) is 21.2 Å². The number of carbonyl (C=O) groups excluding carboxylic acids is 2. The SMILES string of the molecule is CC(=O)CNC(=O)c1ccc(F)cc1Br. The quantitative estimate of drug-likeness (QED) is 0.915. The normalized spacial score (nSPS) is 9.80. The fourth-order valence-corrected chi connectivity index (χ4v) is 1.50. The summed E-state index contributed by atoms with van der Waals surface area (Å²) >= 11 is 3.07. The van der Waals surface area contributed by atoms with Gasteiger partial charge in [0.15, 0.2) is 0 Å². The number of carbonyl (C=O) groups is 2. The molecule has 15 heavy (non-hydrogen) atoms. The summed E-state index contributed by atoms with van der Waals surface area (Å²) in [6.07, 6.45) is 0. The van der Waals surface area contributed by atoms with E-state index in [9.17, 15) is 14.0 Å². The molecule has 1 N–H and O–H groups in total. The van der Waals surface area contributed by atoms with Gasteiger partial charge in [-0.15, -0.1) is 0 Å². The topological polar surface area (TPSA) is 46.2 Å². The summed E-state index contributed by atoms with van der Waals surface area (Å²) in [5, 5.41) is 2.42. The minimum Gasteiger partial charge on any atom is -0.345 e. The van der Waals surface area contributed by atoms with Gasteiger partial charge in [0.2, 0.25) is 0 Å². The maximum Gasteiger partial charge on any atom is 0.252 e. The van der Waals surface area contributed by atoms with E-state index in [1.54, 1.807) is 0 Å². The molecule has 3 nitrogen and oxygen atoms in total. The maximum atomic E-state index is 12.7. The molecule has 1 aromatic carbocycles. The Labute approximate surface area is 94.8 Å². The van der Waals surface area contributed by atoms with Crippen LogP contribution < -0.4 is 5.32 Å². The van der Waals surface area contributed by atoms with E-state index in [0.717, 1.165) is 0 Å². The van der Waals surface area contributed by atoms with Gasteiger partial charge < -0.3 is 5.32 Å². The first-order valence-electron chi connectivity index (χ1n) is 4.23. The number of hydrogen-bond acceptors (Lipinski definition) is 2. The number of hydrogen-bond donors (Lipinski definition) is 1. The molecule has 1 rings (SSSR count). The largest absolute Gasteiger partial charge is 0.345 e. The van der Waals surface area contributed by atoms with Crippen molar-refractivity contribution >= 4 is 27.6 Å². The van der Waals surface area contributed by atoms with Crippen LogP contribution in [-0.2, 0) is 4.79 Å². The fraction of sp³-hybridized carbons (Fsp3) is 0.200. The van der Waals surface area contributed by atoms with Gasteiger partial charge in [0.25, 0.3) is 5.91 Å². The van der Waals surface area contributed by atoms with Crippen molar-refractivity contribution in [3.63, 3.8) is 0 Å². The Kier molecular flexibility index (Phi) is 3.96. The molecule has 0 heterocycles. The molecule has 0 saturated carbocycles. The van der Waals surface area contributed by atoms with E-state index in [-0.39, 0.29) is 12.3 Å². The summed E-state index contributed by atoms with van der Waals surface area (Å²) in [7, 11) is 0. The van der Waals surface area contributed by atoms with Crippen LogP contribution in [0.5, 0.6) is 0 Å². The van der Waals surface area contributed by atoms with Crippen LogP contribution in [-0.4, -0.2) is 18.2 Å². The van der Waals surface area contributed by atoms with E-state index in [0.29, 0.717) is 10.0 Å². The summed E-state index contributed by atoms with van der Waals surface area (Å²) in [6, 6.07) is 3.74. The molecule has 0 aliphatic carbocycles. The van der Waals surface area contributed by atoms with Gasteiger partial charge in [0.05, 0.1) is 12.1 Å². The highest BCUT2D eigenvalue weighted by molar-refractivity contribution is 9.10. The molecule has 0 atom stereocenters. The van der Waals surface area contributed by atoms with Crippen molar-refractivity contribution in [2.45, 2.75) is 6.92 Å². The fourth-order valence-electron chi connectivity index (χ4n) is 0.974. The smallest absolute Gasteiger partial charge is 0.252 e. The average Bonchev–Trinajstić information content (AvgIpc) is 2.14. The van der Waals surface area contributed by atoms with Gasteiger partial charge in [-0.25, -0.2) is 4.39 Å². The molecule has 0 aliphatic rings. The summed E-state index contributed by atoms with van der Waals surface area (Å²) in [5.74, 6) is -0.969. The van der Waals surface area contributed by atoms with Crippen molar-refractivity contribution in [2.24, 2.45) is 0 Å². The first-order chi connectivity index (χ1) is 7.00. The van der Waals surface area contributed by atoms with Crippen molar-refractivity contribution in [1.82, 2.24) is 5.32 Å². The molecule has 0 saturated heterocycles. The highest BCUT2D eigenvalue weighted by Gasteiger charge is 2.10. The van der Waals surface area contributed by atoms with E-state index < -0.39 is 11.7 Å². The number of halogens is 2.